The fraction of sp³-hybridized carbons (Fsp3) is 0.240. The Hall–Kier alpha value is -4.05. The van der Waals surface area contributed by atoms with E-state index in [1.54, 1.807) is 29.2 Å². The fourth-order valence-corrected chi connectivity index (χ4v) is 4.36. The Balaban J connectivity index is 1.52. The molecule has 2 N–H and O–H groups in total. The first-order chi connectivity index (χ1) is 17.0. The van der Waals surface area contributed by atoms with Crippen molar-refractivity contribution < 1.29 is 32.7 Å². The molecular weight excluding hydrogens is 458 g/mol. The highest BCUT2D eigenvalue weighted by atomic mass is 19.1. The molecule has 8 nitrogen and oxygen atoms in total. The minimum Gasteiger partial charge on any atom is -0.378 e. The van der Waals surface area contributed by atoms with E-state index in [2.05, 4.69) is 10.6 Å². The second-order valence-corrected chi connectivity index (χ2v) is 8.13. The van der Waals surface area contributed by atoms with Crippen LogP contribution < -0.4 is 20.2 Å². The number of morpholine rings is 1. The van der Waals surface area contributed by atoms with Crippen molar-refractivity contribution in [3.8, 4) is 11.3 Å². The second-order valence-electron chi connectivity index (χ2n) is 8.13. The molecule has 0 atom stereocenters. The zero-order valence-electron chi connectivity index (χ0n) is 18.9. The van der Waals surface area contributed by atoms with E-state index >= 15 is 0 Å². The third-order valence-corrected chi connectivity index (χ3v) is 6.06. The molecule has 0 aliphatic carbocycles. The predicted octanol–water partition coefficient (Wildman–Crippen LogP) is 2.44. The summed E-state index contributed by atoms with van der Waals surface area (Å²) in [6.07, 6.45) is 0. The van der Waals surface area contributed by atoms with Crippen LogP contribution in [0.3, 0.4) is 0 Å². The first kappa shape index (κ1) is 22.7. The number of nitrogens with zero attached hydrogens (tertiary/aromatic N) is 2. The van der Waals surface area contributed by atoms with Crippen LogP contribution in [-0.2, 0) is 11.3 Å². The number of ether oxygens (including phenoxy) is 1. The number of halogens is 2. The Morgan fingerprint density at radius 3 is 2.43 bits per heavy atom. The normalized spacial score (nSPS) is 14.9. The molecule has 2 aliphatic rings. The molecule has 10 heteroatoms. The smallest absolute Gasteiger partial charge is 0.273 e. The Kier molecular flexibility index (Phi) is 6.04. The number of carbonyl (C=O) groups excluding carboxylic acids is 2. The summed E-state index contributed by atoms with van der Waals surface area (Å²) in [5.41, 5.74) is 2.06. The van der Waals surface area contributed by atoms with Crippen molar-refractivity contribution >= 4 is 23.2 Å². The molecule has 2 aromatic carbocycles. The van der Waals surface area contributed by atoms with Gasteiger partial charge in [0, 0.05) is 35.1 Å². The summed E-state index contributed by atoms with van der Waals surface area (Å²) >= 11 is 0. The predicted molar refractivity (Wildman–Crippen MR) is 122 cm³/mol. The van der Waals surface area contributed by atoms with Crippen LogP contribution in [0.25, 0.3) is 11.3 Å². The fourth-order valence-electron chi connectivity index (χ4n) is 4.36. The van der Waals surface area contributed by atoms with Crippen molar-refractivity contribution in [2.45, 2.75) is 6.54 Å². The molecule has 180 valence electrons. The standard InChI is InChI=1S/C25H22F2N4O4/c1-34-31-20(22-17(26)3-2-4-18(22)27)13-19(23-21(31)14-28-24(23)32)29-16-7-5-15(6-8-16)25(33)30-9-11-35-12-10-30/h2-8,13H,9-12,14H2,1H3,(H,28,32)/p+1. The summed E-state index contributed by atoms with van der Waals surface area (Å²) in [5, 5.41) is 5.89. The van der Waals surface area contributed by atoms with Crippen LogP contribution in [0, 0.1) is 11.6 Å². The lowest BCUT2D eigenvalue weighted by Gasteiger charge is -2.26. The van der Waals surface area contributed by atoms with Gasteiger partial charge in [0.15, 0.2) is 0 Å². The monoisotopic (exact) mass is 481 g/mol. The lowest BCUT2D eigenvalue weighted by atomic mass is 10.0. The van der Waals surface area contributed by atoms with Gasteiger partial charge in [-0.3, -0.25) is 14.4 Å². The Labute approximate surface area is 200 Å². The van der Waals surface area contributed by atoms with Crippen molar-refractivity contribution in [2.75, 3.05) is 38.7 Å². The molecular formula is C25H23F2N4O4+. The van der Waals surface area contributed by atoms with E-state index in [1.165, 1.54) is 24.0 Å². The number of rotatable bonds is 5. The molecule has 1 saturated heterocycles. The highest BCUT2D eigenvalue weighted by molar-refractivity contribution is 6.03. The largest absolute Gasteiger partial charge is 0.378 e. The van der Waals surface area contributed by atoms with Crippen LogP contribution >= 0.6 is 0 Å². The van der Waals surface area contributed by atoms with E-state index in [0.29, 0.717) is 54.5 Å². The van der Waals surface area contributed by atoms with Gasteiger partial charge in [-0.05, 0) is 36.4 Å². The second kappa shape index (κ2) is 9.30. The number of aromatic nitrogens is 1. The van der Waals surface area contributed by atoms with Gasteiger partial charge in [-0.25, -0.2) is 8.78 Å². The SMILES string of the molecule is CO[n+]1c(-c2c(F)cccc2F)cc(Nc2ccc(C(=O)N3CCOCC3)cc2)c2c1CNC2=O. The number of amides is 2. The van der Waals surface area contributed by atoms with Crippen molar-refractivity contribution in [1.82, 2.24) is 10.2 Å². The lowest BCUT2D eigenvalue weighted by molar-refractivity contribution is -0.881. The average Bonchev–Trinajstić information content (AvgIpc) is 3.26. The van der Waals surface area contributed by atoms with Crippen LogP contribution in [0.2, 0.25) is 0 Å². The lowest BCUT2D eigenvalue weighted by Crippen LogP contribution is -2.47. The van der Waals surface area contributed by atoms with E-state index < -0.39 is 11.6 Å². The number of nitrogens with one attached hydrogen (secondary N) is 2. The van der Waals surface area contributed by atoms with Crippen molar-refractivity contribution in [3.05, 3.63) is 77.0 Å². The summed E-state index contributed by atoms with van der Waals surface area (Å²) in [5.74, 6) is -1.94. The highest BCUT2D eigenvalue weighted by Gasteiger charge is 2.38. The number of benzene rings is 2. The van der Waals surface area contributed by atoms with Crippen LogP contribution in [-0.4, -0.2) is 50.1 Å². The van der Waals surface area contributed by atoms with Crippen LogP contribution in [0.4, 0.5) is 20.2 Å². The number of hydrogen-bond donors (Lipinski definition) is 2. The maximum absolute atomic E-state index is 14.7. The molecule has 0 unspecified atom stereocenters. The van der Waals surface area contributed by atoms with Gasteiger partial charge < -0.3 is 20.3 Å². The Bertz CT molecular complexity index is 1290. The van der Waals surface area contributed by atoms with Crippen LogP contribution in [0.1, 0.15) is 26.4 Å². The van der Waals surface area contributed by atoms with E-state index in [9.17, 15) is 18.4 Å². The molecule has 2 amide bonds. The zero-order valence-corrected chi connectivity index (χ0v) is 18.9. The van der Waals surface area contributed by atoms with Crippen LogP contribution in [0.15, 0.2) is 48.5 Å². The first-order valence-electron chi connectivity index (χ1n) is 11.1. The minimum atomic E-state index is -0.759. The summed E-state index contributed by atoms with van der Waals surface area (Å²) in [6, 6.07) is 11.9. The van der Waals surface area contributed by atoms with Crippen LogP contribution in [0.5, 0.6) is 0 Å². The number of anilines is 2. The van der Waals surface area contributed by atoms with Gasteiger partial charge in [0.2, 0.25) is 0 Å². The maximum Gasteiger partial charge on any atom is 0.273 e. The van der Waals surface area contributed by atoms with E-state index in [1.807, 2.05) is 0 Å². The third-order valence-electron chi connectivity index (χ3n) is 6.06. The quantitative estimate of drug-likeness (QED) is 0.547. The summed E-state index contributed by atoms with van der Waals surface area (Å²) in [4.78, 5) is 32.5. The average molecular weight is 481 g/mol. The number of pyridine rings is 1. The number of carbonyl (C=O) groups is 2. The molecule has 2 aliphatic heterocycles. The molecule has 3 heterocycles. The summed E-state index contributed by atoms with van der Waals surface area (Å²) in [6.45, 7) is 2.24. The molecule has 3 aromatic rings. The number of hydrogen-bond acceptors (Lipinski definition) is 5. The molecule has 35 heavy (non-hydrogen) atoms. The highest BCUT2D eigenvalue weighted by Crippen LogP contribution is 2.32. The van der Waals surface area contributed by atoms with Gasteiger partial charge in [0.05, 0.1) is 18.9 Å². The van der Waals surface area contributed by atoms with Crippen molar-refractivity contribution in [3.63, 3.8) is 0 Å². The zero-order chi connectivity index (χ0) is 24.5. The molecule has 0 radical (unpaired) electrons. The van der Waals surface area contributed by atoms with Crippen molar-refractivity contribution in [2.24, 2.45) is 0 Å². The molecule has 1 aromatic heterocycles. The Morgan fingerprint density at radius 1 is 1.09 bits per heavy atom. The van der Waals surface area contributed by atoms with E-state index in [-0.39, 0.29) is 29.6 Å². The van der Waals surface area contributed by atoms with Gasteiger partial charge in [-0.1, -0.05) is 6.07 Å². The topological polar surface area (TPSA) is 83.8 Å². The van der Waals surface area contributed by atoms with Gasteiger partial charge in [0.1, 0.15) is 36.4 Å². The molecule has 0 saturated carbocycles. The molecule has 5 rings (SSSR count). The summed E-state index contributed by atoms with van der Waals surface area (Å²) < 4.78 is 35.9. The van der Waals surface area contributed by atoms with Gasteiger partial charge in [-0.15, -0.1) is 0 Å². The first-order valence-corrected chi connectivity index (χ1v) is 11.1. The third kappa shape index (κ3) is 4.17. The molecule has 0 bridgehead atoms. The van der Waals surface area contributed by atoms with Gasteiger partial charge in [-0.2, -0.15) is 0 Å². The Morgan fingerprint density at radius 2 is 1.77 bits per heavy atom. The summed E-state index contributed by atoms with van der Waals surface area (Å²) in [7, 11) is 1.36. The minimum absolute atomic E-state index is 0.0849. The maximum atomic E-state index is 14.7. The van der Waals surface area contributed by atoms with E-state index in [0.717, 1.165) is 12.1 Å². The van der Waals surface area contributed by atoms with E-state index in [4.69, 9.17) is 9.57 Å². The molecule has 0 spiro atoms. The van der Waals surface area contributed by atoms with Gasteiger partial charge >= 0.3 is 0 Å². The van der Waals surface area contributed by atoms with Gasteiger partial charge in [0.25, 0.3) is 23.2 Å². The molecule has 1 fully saturated rings. The number of fused-ring (bicyclic) bond motifs is 1. The van der Waals surface area contributed by atoms with Crippen molar-refractivity contribution in [1.29, 1.82) is 0 Å².